The number of halogens is 2. The van der Waals surface area contributed by atoms with Crippen LogP contribution in [0.4, 0.5) is 0 Å². The van der Waals surface area contributed by atoms with E-state index in [1.807, 2.05) is 13.8 Å². The molecule has 0 saturated carbocycles. The van der Waals surface area contributed by atoms with Crippen LogP contribution in [0.2, 0.25) is 10.0 Å². The molecule has 4 rings (SSSR count). The maximum absolute atomic E-state index is 13.9. The molecule has 0 aliphatic carbocycles. The number of sulfonamides is 1. The number of nitrogens with zero attached hydrogens (tertiary/aromatic N) is 3. The maximum atomic E-state index is 13.9. The second kappa shape index (κ2) is 10.2. The van der Waals surface area contributed by atoms with Crippen LogP contribution >= 0.6 is 23.2 Å². The Morgan fingerprint density at radius 3 is 2.28 bits per heavy atom. The number of carbonyl (C=O) groups excluding carboxylic acids is 2. The van der Waals surface area contributed by atoms with Crippen LogP contribution in [-0.4, -0.2) is 84.0 Å². The minimum atomic E-state index is -4.31. The topological polar surface area (TPSA) is 107 Å². The van der Waals surface area contributed by atoms with Crippen molar-refractivity contribution in [3.8, 4) is 5.75 Å². The van der Waals surface area contributed by atoms with Gasteiger partial charge in [0.05, 0.1) is 20.2 Å². The van der Waals surface area contributed by atoms with Crippen molar-refractivity contribution in [2.24, 2.45) is 0 Å². The lowest BCUT2D eigenvalue weighted by atomic mass is 9.97. The fourth-order valence-electron chi connectivity index (χ4n) is 4.68. The third-order valence-electron chi connectivity index (χ3n) is 6.49. The molecule has 0 aromatic heterocycles. The van der Waals surface area contributed by atoms with Gasteiger partial charge in [0, 0.05) is 22.5 Å². The summed E-state index contributed by atoms with van der Waals surface area (Å²) in [5, 5.41) is 11.4. The monoisotopic (exact) mass is 555 g/mol. The summed E-state index contributed by atoms with van der Waals surface area (Å²) in [6, 6.07) is 9.78. The predicted molar refractivity (Wildman–Crippen MR) is 134 cm³/mol. The highest BCUT2D eigenvalue weighted by Crippen LogP contribution is 2.36. The van der Waals surface area contributed by atoms with Gasteiger partial charge in [-0.2, -0.15) is 4.31 Å². The van der Waals surface area contributed by atoms with Crippen molar-refractivity contribution in [1.29, 1.82) is 0 Å². The fourth-order valence-corrected chi connectivity index (χ4v) is 6.80. The quantitative estimate of drug-likeness (QED) is 0.586. The van der Waals surface area contributed by atoms with Gasteiger partial charge in [0.2, 0.25) is 15.9 Å². The van der Waals surface area contributed by atoms with Crippen LogP contribution in [0.25, 0.3) is 0 Å². The third kappa shape index (κ3) is 4.80. The summed E-state index contributed by atoms with van der Waals surface area (Å²) in [4.78, 5) is 29.3. The molecule has 2 aromatic rings. The summed E-state index contributed by atoms with van der Waals surface area (Å²) in [5.41, 5.74) is 0.737. The van der Waals surface area contributed by atoms with Crippen molar-refractivity contribution >= 4 is 45.0 Å². The van der Waals surface area contributed by atoms with Gasteiger partial charge < -0.3 is 19.6 Å². The van der Waals surface area contributed by atoms with E-state index in [2.05, 4.69) is 0 Å². The first kappa shape index (κ1) is 26.7. The Hall–Kier alpha value is -2.37. The summed E-state index contributed by atoms with van der Waals surface area (Å²) < 4.78 is 34.1. The molecule has 3 unspecified atom stereocenters. The van der Waals surface area contributed by atoms with Gasteiger partial charge in [-0.1, -0.05) is 35.3 Å². The van der Waals surface area contributed by atoms with Gasteiger partial charge >= 0.3 is 0 Å². The number of ether oxygens (including phenoxy) is 1. The second-order valence-corrected chi connectivity index (χ2v) is 11.8. The molecule has 2 fully saturated rings. The first-order chi connectivity index (χ1) is 16.9. The number of amides is 2. The van der Waals surface area contributed by atoms with Gasteiger partial charge in [0.25, 0.3) is 5.91 Å². The van der Waals surface area contributed by atoms with E-state index >= 15 is 0 Å². The minimum Gasteiger partial charge on any atom is -0.495 e. The number of fused-ring (bicyclic) bond motifs is 1. The average molecular weight is 556 g/mol. The van der Waals surface area contributed by atoms with E-state index in [1.165, 1.54) is 30.2 Å². The van der Waals surface area contributed by atoms with E-state index in [9.17, 15) is 23.1 Å². The number of aliphatic hydroxyl groups is 1. The van der Waals surface area contributed by atoms with Crippen molar-refractivity contribution in [2.45, 2.75) is 49.5 Å². The van der Waals surface area contributed by atoms with Crippen molar-refractivity contribution in [1.82, 2.24) is 14.1 Å². The van der Waals surface area contributed by atoms with Crippen LogP contribution in [0.5, 0.6) is 5.75 Å². The smallest absolute Gasteiger partial charge is 0.254 e. The van der Waals surface area contributed by atoms with Crippen LogP contribution in [0.1, 0.15) is 19.4 Å². The molecule has 2 aliphatic heterocycles. The highest BCUT2D eigenvalue weighted by Gasteiger charge is 2.54. The molecule has 0 spiro atoms. The lowest BCUT2D eigenvalue weighted by Crippen LogP contribution is -2.74. The summed E-state index contributed by atoms with van der Waals surface area (Å²) in [6.45, 7) is 3.14. The van der Waals surface area contributed by atoms with Crippen LogP contribution < -0.4 is 4.74 Å². The zero-order valence-electron chi connectivity index (χ0n) is 20.0. The number of hydrogen-bond acceptors (Lipinski definition) is 6. The van der Waals surface area contributed by atoms with Gasteiger partial charge in [0.1, 0.15) is 29.0 Å². The first-order valence-corrected chi connectivity index (χ1v) is 13.6. The van der Waals surface area contributed by atoms with E-state index in [4.69, 9.17) is 27.9 Å². The number of hydrogen-bond donors (Lipinski definition) is 1. The number of aliphatic hydroxyl groups excluding tert-OH is 1. The summed E-state index contributed by atoms with van der Waals surface area (Å²) in [5.74, 6) is -0.945. The molecule has 1 N–H and O–H groups in total. The minimum absolute atomic E-state index is 0.0474. The van der Waals surface area contributed by atoms with Crippen LogP contribution in [0.15, 0.2) is 47.4 Å². The standard InChI is InChI=1S/C24H27Cl2N3O6S/c1-14(2)27-13-22-28(36(33,34)21-11-17(26)8-9-20(21)35-3)12-19(30)24(32)29(22)18(23(27)31)10-15-4-6-16(25)7-5-15/h4-9,11,14,18-19,22,30H,10,12-13H2,1-3H3. The van der Waals surface area contributed by atoms with Crippen molar-refractivity contribution in [3.05, 3.63) is 58.1 Å². The maximum Gasteiger partial charge on any atom is 0.254 e. The molecule has 194 valence electrons. The van der Waals surface area contributed by atoms with E-state index < -0.39 is 40.8 Å². The Morgan fingerprint density at radius 1 is 1.03 bits per heavy atom. The van der Waals surface area contributed by atoms with Crippen LogP contribution in [-0.2, 0) is 26.0 Å². The summed E-state index contributed by atoms with van der Waals surface area (Å²) >= 11 is 12.1. The zero-order chi connectivity index (χ0) is 26.4. The number of β-amino-alcohol motifs (C(OH)–C–C–N with tert-alkyl or cyclic N) is 1. The Morgan fingerprint density at radius 2 is 1.67 bits per heavy atom. The van der Waals surface area contributed by atoms with Gasteiger partial charge in [-0.3, -0.25) is 9.59 Å². The summed E-state index contributed by atoms with van der Waals surface area (Å²) in [7, 11) is -2.97. The van der Waals surface area contributed by atoms with Gasteiger partial charge in [-0.25, -0.2) is 8.42 Å². The second-order valence-electron chi connectivity index (χ2n) is 9.04. The van der Waals surface area contributed by atoms with Gasteiger partial charge in [0.15, 0.2) is 0 Å². The van der Waals surface area contributed by atoms with Gasteiger partial charge in [-0.15, -0.1) is 0 Å². The van der Waals surface area contributed by atoms with Crippen LogP contribution in [0, 0.1) is 0 Å². The highest BCUT2D eigenvalue weighted by atomic mass is 35.5. The van der Waals surface area contributed by atoms with Crippen molar-refractivity contribution in [2.75, 3.05) is 20.2 Å². The molecular formula is C24H27Cl2N3O6S. The summed E-state index contributed by atoms with van der Waals surface area (Å²) in [6.07, 6.45) is -2.55. The van der Waals surface area contributed by atoms with E-state index in [0.29, 0.717) is 5.02 Å². The molecule has 0 radical (unpaired) electrons. The van der Waals surface area contributed by atoms with Crippen molar-refractivity contribution < 1.29 is 27.9 Å². The Bertz CT molecular complexity index is 1270. The fraction of sp³-hybridized carbons (Fsp3) is 0.417. The molecule has 9 nitrogen and oxygen atoms in total. The average Bonchev–Trinajstić information content (AvgIpc) is 2.83. The number of methoxy groups -OCH3 is 1. The molecular weight excluding hydrogens is 529 g/mol. The highest BCUT2D eigenvalue weighted by molar-refractivity contribution is 7.89. The lowest BCUT2D eigenvalue weighted by molar-refractivity contribution is -0.175. The molecule has 2 heterocycles. The molecule has 2 saturated heterocycles. The molecule has 36 heavy (non-hydrogen) atoms. The van der Waals surface area contributed by atoms with E-state index in [0.717, 1.165) is 9.87 Å². The lowest BCUT2D eigenvalue weighted by Gasteiger charge is -2.53. The van der Waals surface area contributed by atoms with Crippen molar-refractivity contribution in [3.63, 3.8) is 0 Å². The molecule has 2 aromatic carbocycles. The van der Waals surface area contributed by atoms with E-state index in [-0.39, 0.29) is 40.6 Å². The Kier molecular flexibility index (Phi) is 7.55. The Balaban J connectivity index is 1.81. The van der Waals surface area contributed by atoms with Crippen LogP contribution in [0.3, 0.4) is 0 Å². The number of piperazine rings is 1. The number of carbonyl (C=O) groups is 2. The first-order valence-electron chi connectivity index (χ1n) is 11.4. The number of rotatable bonds is 6. The van der Waals surface area contributed by atoms with E-state index in [1.54, 1.807) is 29.2 Å². The predicted octanol–water partition coefficient (Wildman–Crippen LogP) is 2.38. The normalized spacial score (nSPS) is 23.2. The molecule has 2 aliphatic rings. The molecule has 2 amide bonds. The molecule has 12 heteroatoms. The molecule has 3 atom stereocenters. The zero-order valence-corrected chi connectivity index (χ0v) is 22.3. The third-order valence-corrected chi connectivity index (χ3v) is 8.86. The SMILES string of the molecule is COc1ccc(Cl)cc1S(=O)(=O)N1CC(O)C(=O)N2C(Cc3ccc(Cl)cc3)C(=O)N(C(C)C)CC21. The number of benzene rings is 2. The van der Waals surface area contributed by atoms with Gasteiger partial charge in [-0.05, 0) is 49.7 Å². The molecule has 0 bridgehead atoms. The largest absolute Gasteiger partial charge is 0.495 e. The Labute approximate surface area is 220 Å².